The van der Waals surface area contributed by atoms with Crippen molar-refractivity contribution < 1.29 is 66.5 Å². The minimum Gasteiger partial charge on any atom is -0.447 e. The van der Waals surface area contributed by atoms with E-state index < -0.39 is 19.6 Å². The van der Waals surface area contributed by atoms with Gasteiger partial charge in [-0.15, -0.1) is 0 Å². The second-order valence-electron chi connectivity index (χ2n) is 27.4. The van der Waals surface area contributed by atoms with Crippen LogP contribution in [-0.4, -0.2) is 15.2 Å². The molecular weight excluding hydrogens is 1490 g/mol. The van der Waals surface area contributed by atoms with E-state index >= 15 is 0 Å². The molecule has 0 aliphatic carbocycles. The van der Waals surface area contributed by atoms with Gasteiger partial charge in [0.15, 0.2) is 76.3 Å². The molecule has 0 unspecified atom stereocenters. The maximum Gasteiger partial charge on any atom is 0.611 e. The monoisotopic (exact) mass is 1560 g/mol. The number of pyridine rings is 7. The number of methoxy groups -OCH3 is 1. The second-order valence-corrected chi connectivity index (χ2v) is 32.8. The van der Waals surface area contributed by atoms with Crippen LogP contribution < -0.4 is 81.2 Å². The largest absolute Gasteiger partial charge is 0.611 e. The topological polar surface area (TPSA) is 249 Å². The normalized spacial score (nSPS) is 11.2. The lowest BCUT2D eigenvalue weighted by atomic mass is 10.1. The third-order valence-corrected chi connectivity index (χ3v) is 21.3. The van der Waals surface area contributed by atoms with Crippen molar-refractivity contribution in [2.75, 3.05) is 7.11 Å². The zero-order chi connectivity index (χ0) is 80.2. The van der Waals surface area contributed by atoms with Crippen molar-refractivity contribution in [2.24, 2.45) is 0 Å². The molecule has 115 heavy (non-hydrogen) atoms. The quantitative estimate of drug-likeness (QED) is 0.0675. The summed E-state index contributed by atoms with van der Waals surface area (Å²) in [5.41, 5.74) is 13.0. The van der Waals surface area contributed by atoms with E-state index in [4.69, 9.17) is 47.3 Å². The summed E-state index contributed by atoms with van der Waals surface area (Å²) >= 11 is 5.97. The van der Waals surface area contributed by atoms with E-state index in [0.717, 1.165) is 98.6 Å². The average molecular weight is 1570 g/mol. The highest BCUT2D eigenvalue weighted by atomic mass is 35.5. The standard InChI is InChI=1S/C15H16NO2Si.C13H10NO3.3C13H10NO2.C12H7ClNO2.C12H8NO2/c1-19(2,3)14-10-6-8-12-11-7-4-5-9-13(11)18-15(17)16(12)14;1-16-12-8-4-6-10-9-5-2-3-7-11(9)17-13(15)14(10)12;1-9-5-4-6-10-11-7-2-3-8-14(11)13(15)16-12(9)10;2*1-9-5-4-7-11-10-6-2-3-8-12(10)16-13(15)14(9)11;13-11-7-3-5-9-8-4-1-2-6-10(8)16-12(15)14(9)11;14-12-13-8-4-3-6-10(13)9-5-1-2-7-11(9)15-12/h4-10H,1-3H3;2-8H,1H3;3*2-8H,1H3;1-7H;1-8H/q7*+1. The molecule has 14 aromatic heterocycles. The summed E-state index contributed by atoms with van der Waals surface area (Å²) in [7, 11) is -0.0893. The molecule has 14 heterocycles. The van der Waals surface area contributed by atoms with Gasteiger partial charge in [-0.25, -0.2) is 0 Å². The van der Waals surface area contributed by atoms with Crippen LogP contribution in [0, 0.1) is 20.8 Å². The molecule has 0 bridgehead atoms. The zero-order valence-corrected chi connectivity index (χ0v) is 64.8. The summed E-state index contributed by atoms with van der Waals surface area (Å²) in [5.74, 6) is -2.15. The second kappa shape index (κ2) is 32.3. The number of hydrogen-bond donors (Lipinski definition) is 0. The fourth-order valence-electron chi connectivity index (χ4n) is 13.8. The smallest absolute Gasteiger partial charge is 0.447 e. The highest BCUT2D eigenvalue weighted by Crippen LogP contribution is 2.23. The number of halogens is 1. The molecule has 564 valence electrons. The van der Waals surface area contributed by atoms with Gasteiger partial charge in [-0.05, 0) is 156 Å². The van der Waals surface area contributed by atoms with E-state index in [1.807, 2.05) is 263 Å². The predicted octanol–water partition coefficient (Wildman–Crippen LogP) is 12.9. The molecule has 0 amide bonds. The van der Waals surface area contributed by atoms with Crippen molar-refractivity contribution in [3.05, 3.63) is 400 Å². The first-order valence-electron chi connectivity index (χ1n) is 36.4. The van der Waals surface area contributed by atoms with E-state index in [9.17, 15) is 33.6 Å². The van der Waals surface area contributed by atoms with E-state index in [0.29, 0.717) is 50.1 Å². The van der Waals surface area contributed by atoms with Gasteiger partial charge in [-0.1, -0.05) is 131 Å². The molecule has 22 nitrogen and oxygen atoms in total. The van der Waals surface area contributed by atoms with Gasteiger partial charge in [0.1, 0.15) is 0 Å². The Hall–Kier alpha value is -14.8. The fraction of sp³-hybridized carbons (Fsp3) is 0.0769. The Morgan fingerprint density at radius 3 is 1.01 bits per heavy atom. The van der Waals surface area contributed by atoms with Gasteiger partial charge in [0, 0.05) is 86.6 Å². The lowest BCUT2D eigenvalue weighted by molar-refractivity contribution is -0.551. The maximum absolute atomic E-state index is 12.3. The highest BCUT2D eigenvalue weighted by Gasteiger charge is 2.31. The van der Waals surface area contributed by atoms with Gasteiger partial charge in [-0.2, -0.15) is 33.6 Å². The molecule has 7 aromatic carbocycles. The van der Waals surface area contributed by atoms with Gasteiger partial charge in [0.05, 0.1) is 50.9 Å². The number of ether oxygens (including phenoxy) is 1. The van der Waals surface area contributed by atoms with Gasteiger partial charge in [0.25, 0.3) is 5.15 Å². The van der Waals surface area contributed by atoms with Crippen LogP contribution in [-0.2, 0) is 0 Å². The molecule has 0 spiro atoms. The van der Waals surface area contributed by atoms with Gasteiger partial charge in [0.2, 0.25) is 38.6 Å². The SMILES string of the molecule is COc1cccc2c3ccccc3oc(=O)[n+]12.C[Si](C)(C)c1cccc2c3ccccc3oc(=O)[n+]12.Cc1cccc2c1oc(=O)[n+]1ccccc21.Cc1cccc2c3ccccc3oc(=O)[n+]12.Cc1cccc2c3ccccc3oc(=O)[n+]12.O=c1oc2ccccc2c2cccc(Cl)[n+]12.O=c1oc2ccccc2c2cccc[n+]12. The van der Waals surface area contributed by atoms with Crippen molar-refractivity contribution in [3.63, 3.8) is 0 Å². The van der Waals surface area contributed by atoms with E-state index in [1.165, 1.54) is 24.7 Å². The third kappa shape index (κ3) is 15.1. The Labute approximate surface area is 656 Å². The van der Waals surface area contributed by atoms with Crippen molar-refractivity contribution in [1.29, 1.82) is 0 Å². The summed E-state index contributed by atoms with van der Waals surface area (Å²) in [5, 5.41) is 7.95. The van der Waals surface area contributed by atoms with Crippen LogP contribution in [0.2, 0.25) is 24.8 Å². The Kier molecular flexibility index (Phi) is 21.2. The molecule has 0 aliphatic heterocycles. The number of aromatic nitrogens is 7. The first kappa shape index (κ1) is 75.6. The lowest BCUT2D eigenvalue weighted by Gasteiger charge is -2.11. The van der Waals surface area contributed by atoms with Crippen molar-refractivity contribution in [2.45, 2.75) is 40.4 Å². The Bertz CT molecular complexity index is 7560. The van der Waals surface area contributed by atoms with Crippen molar-refractivity contribution in [1.82, 2.24) is 0 Å². The Morgan fingerprint density at radius 2 is 0.574 bits per heavy atom. The molecule has 24 heteroatoms. The van der Waals surface area contributed by atoms with Crippen LogP contribution in [0.15, 0.2) is 368 Å². The summed E-state index contributed by atoms with van der Waals surface area (Å²) in [6.07, 6.45) is 3.41. The van der Waals surface area contributed by atoms with Gasteiger partial charge >= 0.3 is 46.2 Å². The highest BCUT2D eigenvalue weighted by molar-refractivity contribution is 6.87. The zero-order valence-electron chi connectivity index (χ0n) is 63.0. The predicted molar refractivity (Wildman–Crippen MR) is 438 cm³/mol. The molecule has 0 saturated heterocycles. The molecular formula is C91H71ClN7O15Si+7. The molecule has 0 aliphatic rings. The Morgan fingerprint density at radius 1 is 0.278 bits per heavy atom. The number of para-hydroxylation sites is 7. The summed E-state index contributed by atoms with van der Waals surface area (Å²) in [6, 6.07) is 90.4. The van der Waals surface area contributed by atoms with Crippen molar-refractivity contribution >= 4 is 140 Å². The molecule has 0 atom stereocenters. The summed E-state index contributed by atoms with van der Waals surface area (Å²) < 4.78 is 52.7. The number of fused-ring (bicyclic) bond motifs is 21. The number of hydrogen-bond acceptors (Lipinski definition) is 15. The maximum atomic E-state index is 12.3. The summed E-state index contributed by atoms with van der Waals surface area (Å²) in [4.78, 5) is 82.8. The average Bonchev–Trinajstić information content (AvgIpc) is 0.630. The number of aryl methyl sites for hydroxylation is 3. The van der Waals surface area contributed by atoms with Crippen LogP contribution in [0.5, 0.6) is 5.88 Å². The minimum absolute atomic E-state index is 0.299. The third-order valence-electron chi connectivity index (χ3n) is 19.1. The number of benzene rings is 7. The molecule has 0 fully saturated rings. The van der Waals surface area contributed by atoms with Gasteiger partial charge < -0.3 is 35.7 Å². The van der Waals surface area contributed by atoms with Crippen LogP contribution in [0.1, 0.15) is 17.0 Å². The van der Waals surface area contributed by atoms with E-state index in [2.05, 4.69) is 19.6 Å². The van der Waals surface area contributed by atoms with E-state index in [-0.39, 0.29) is 28.8 Å². The first-order chi connectivity index (χ1) is 55.7. The van der Waals surface area contributed by atoms with Gasteiger partial charge in [-0.3, -0.25) is 0 Å². The van der Waals surface area contributed by atoms with Crippen LogP contribution >= 0.6 is 11.6 Å². The van der Waals surface area contributed by atoms with Crippen molar-refractivity contribution in [3.8, 4) is 5.88 Å². The summed E-state index contributed by atoms with van der Waals surface area (Å²) in [6.45, 7) is 12.4. The Balaban J connectivity index is 0.000000106. The molecule has 21 aromatic rings. The van der Waals surface area contributed by atoms with Crippen LogP contribution in [0.4, 0.5) is 0 Å². The number of nitrogens with zero attached hydrogens (tertiary/aromatic N) is 7. The van der Waals surface area contributed by atoms with E-state index in [1.54, 1.807) is 74.1 Å². The van der Waals surface area contributed by atoms with Crippen LogP contribution in [0.3, 0.4) is 0 Å². The minimum atomic E-state index is -1.61. The van der Waals surface area contributed by atoms with Crippen LogP contribution in [0.25, 0.3) is 115 Å². The molecule has 21 rings (SSSR count). The molecule has 0 radical (unpaired) electrons. The molecule has 0 N–H and O–H groups in total. The molecule has 0 saturated carbocycles. The lowest BCUT2D eigenvalue weighted by Crippen LogP contribution is -2.62. The first-order valence-corrected chi connectivity index (χ1v) is 40.2. The fourth-order valence-corrected chi connectivity index (χ4v) is 15.5. The number of rotatable bonds is 2.